The monoisotopic (exact) mass is 304 g/mol. The molecule has 0 unspecified atom stereocenters. The molecule has 2 nitrogen and oxygen atoms in total. The molecule has 5 fully saturated rings. The summed E-state index contributed by atoms with van der Waals surface area (Å²) >= 11 is 0. The molecule has 5 aliphatic rings. The molecule has 1 aliphatic heterocycles. The fraction of sp³-hybridized carbons (Fsp3) is 1.00. The van der Waals surface area contributed by atoms with Crippen molar-refractivity contribution in [1.82, 2.24) is 0 Å². The van der Waals surface area contributed by atoms with E-state index in [1.165, 1.54) is 51.4 Å². The predicted octanol–water partition coefficient (Wildman–Crippen LogP) is 4.16. The molecule has 4 bridgehead atoms. The summed E-state index contributed by atoms with van der Waals surface area (Å²) in [5, 5.41) is 10.9. The molecule has 4 aliphatic carbocycles. The van der Waals surface area contributed by atoms with Crippen molar-refractivity contribution in [3.05, 3.63) is 0 Å². The van der Waals surface area contributed by atoms with Gasteiger partial charge in [0, 0.05) is 5.41 Å². The Kier molecular flexibility index (Phi) is 2.67. The van der Waals surface area contributed by atoms with Crippen molar-refractivity contribution >= 4 is 0 Å². The van der Waals surface area contributed by atoms with Crippen LogP contribution in [-0.4, -0.2) is 23.9 Å². The summed E-state index contributed by atoms with van der Waals surface area (Å²) in [7, 11) is 0. The summed E-state index contributed by atoms with van der Waals surface area (Å²) in [5.74, 6) is 2.28. The SMILES string of the molecule is C[C@@]12CCC[C@@]3(COC1)[C@H]2CC[C@]12C[C@H](CC[C@@H]13)[C@@](C)(O)C2. The lowest BCUT2D eigenvalue weighted by molar-refractivity contribution is -0.238. The molecule has 1 spiro atoms. The van der Waals surface area contributed by atoms with Crippen molar-refractivity contribution < 1.29 is 9.84 Å². The smallest absolute Gasteiger partial charge is 0.0653 e. The average molecular weight is 304 g/mol. The number of hydrogen-bond acceptors (Lipinski definition) is 2. The molecular weight excluding hydrogens is 272 g/mol. The molecule has 1 N–H and O–H groups in total. The number of fused-ring (bicyclic) bond motifs is 1. The van der Waals surface area contributed by atoms with E-state index in [4.69, 9.17) is 4.74 Å². The van der Waals surface area contributed by atoms with Gasteiger partial charge in [0.1, 0.15) is 0 Å². The van der Waals surface area contributed by atoms with Crippen LogP contribution in [0.2, 0.25) is 0 Å². The molecule has 2 heteroatoms. The van der Waals surface area contributed by atoms with E-state index in [9.17, 15) is 5.11 Å². The van der Waals surface area contributed by atoms with Crippen LogP contribution < -0.4 is 0 Å². The van der Waals surface area contributed by atoms with E-state index >= 15 is 0 Å². The summed E-state index contributed by atoms with van der Waals surface area (Å²) in [4.78, 5) is 0. The van der Waals surface area contributed by atoms with Gasteiger partial charge >= 0.3 is 0 Å². The van der Waals surface area contributed by atoms with Crippen LogP contribution in [-0.2, 0) is 4.74 Å². The van der Waals surface area contributed by atoms with E-state index in [1.54, 1.807) is 0 Å². The Balaban J connectivity index is 1.59. The first-order valence-corrected chi connectivity index (χ1v) is 9.71. The van der Waals surface area contributed by atoms with Crippen LogP contribution in [0.1, 0.15) is 71.6 Å². The van der Waals surface area contributed by atoms with Crippen molar-refractivity contribution in [1.29, 1.82) is 0 Å². The largest absolute Gasteiger partial charge is 0.390 e. The number of ether oxygens (including phenoxy) is 1. The van der Waals surface area contributed by atoms with Gasteiger partial charge in [0.05, 0.1) is 18.8 Å². The fourth-order valence-electron chi connectivity index (χ4n) is 8.52. The second-order valence-corrected chi connectivity index (χ2v) is 10.3. The molecule has 1 heterocycles. The molecule has 0 aromatic carbocycles. The van der Waals surface area contributed by atoms with Crippen LogP contribution in [0, 0.1) is 34.0 Å². The maximum absolute atomic E-state index is 10.9. The molecule has 0 aromatic rings. The van der Waals surface area contributed by atoms with Gasteiger partial charge in [-0.25, -0.2) is 0 Å². The lowest BCUT2D eigenvalue weighted by atomic mass is 9.40. The Labute approximate surface area is 135 Å². The van der Waals surface area contributed by atoms with Gasteiger partial charge < -0.3 is 9.84 Å². The van der Waals surface area contributed by atoms with Gasteiger partial charge in [0.15, 0.2) is 0 Å². The topological polar surface area (TPSA) is 29.5 Å². The first-order valence-electron chi connectivity index (χ1n) is 9.71. The highest BCUT2D eigenvalue weighted by molar-refractivity contribution is 5.18. The first kappa shape index (κ1) is 14.3. The molecule has 4 saturated carbocycles. The van der Waals surface area contributed by atoms with Gasteiger partial charge in [0.2, 0.25) is 0 Å². The minimum Gasteiger partial charge on any atom is -0.390 e. The van der Waals surface area contributed by atoms with Gasteiger partial charge in [-0.15, -0.1) is 0 Å². The van der Waals surface area contributed by atoms with E-state index in [0.717, 1.165) is 31.5 Å². The highest BCUT2D eigenvalue weighted by Gasteiger charge is 2.69. The second kappa shape index (κ2) is 4.11. The maximum Gasteiger partial charge on any atom is 0.0653 e. The van der Waals surface area contributed by atoms with E-state index in [1.807, 2.05) is 0 Å². The second-order valence-electron chi connectivity index (χ2n) is 10.3. The quantitative estimate of drug-likeness (QED) is 0.728. The molecule has 1 saturated heterocycles. The average Bonchev–Trinajstić information content (AvgIpc) is 2.62. The van der Waals surface area contributed by atoms with Crippen molar-refractivity contribution in [3.63, 3.8) is 0 Å². The zero-order valence-corrected chi connectivity index (χ0v) is 14.4. The third kappa shape index (κ3) is 1.55. The van der Waals surface area contributed by atoms with Gasteiger partial charge in [-0.05, 0) is 86.9 Å². The van der Waals surface area contributed by atoms with Crippen LogP contribution in [0.25, 0.3) is 0 Å². The van der Waals surface area contributed by atoms with Gasteiger partial charge in [-0.1, -0.05) is 13.3 Å². The number of hydrogen-bond donors (Lipinski definition) is 1. The van der Waals surface area contributed by atoms with Gasteiger partial charge in [-0.3, -0.25) is 0 Å². The van der Waals surface area contributed by atoms with E-state index in [0.29, 0.717) is 22.2 Å². The van der Waals surface area contributed by atoms with Crippen LogP contribution in [0.4, 0.5) is 0 Å². The zero-order valence-electron chi connectivity index (χ0n) is 14.4. The Morgan fingerprint density at radius 1 is 0.955 bits per heavy atom. The number of rotatable bonds is 0. The molecule has 0 amide bonds. The maximum atomic E-state index is 10.9. The van der Waals surface area contributed by atoms with Crippen molar-refractivity contribution in [2.24, 2.45) is 34.0 Å². The minimum atomic E-state index is -0.397. The Morgan fingerprint density at radius 3 is 2.68 bits per heavy atom. The summed E-state index contributed by atoms with van der Waals surface area (Å²) in [5.41, 5.74) is 0.943. The number of aliphatic hydroxyl groups is 1. The van der Waals surface area contributed by atoms with E-state index in [-0.39, 0.29) is 0 Å². The standard InChI is InChI=1S/C20H32O2/c1-17-7-3-8-20(13-22-12-17)15(17)6-9-19-10-14(4-5-16(19)20)18(2,21)11-19/h14-16,21H,3-13H2,1-2H3/t14-,15-,16-,17+,18-,19+,20+/m0/s1. The highest BCUT2D eigenvalue weighted by Crippen LogP contribution is 2.73. The fourth-order valence-corrected chi connectivity index (χ4v) is 8.52. The molecule has 7 atom stereocenters. The molecule has 5 rings (SSSR count). The van der Waals surface area contributed by atoms with E-state index in [2.05, 4.69) is 13.8 Å². The first-order chi connectivity index (χ1) is 10.4. The molecule has 22 heavy (non-hydrogen) atoms. The van der Waals surface area contributed by atoms with Crippen molar-refractivity contribution in [2.75, 3.05) is 13.2 Å². The zero-order chi connectivity index (χ0) is 15.2. The highest BCUT2D eigenvalue weighted by atomic mass is 16.5. The Hall–Kier alpha value is -0.0800. The molecule has 124 valence electrons. The van der Waals surface area contributed by atoms with Crippen LogP contribution in [0.3, 0.4) is 0 Å². The van der Waals surface area contributed by atoms with Crippen LogP contribution >= 0.6 is 0 Å². The van der Waals surface area contributed by atoms with Crippen LogP contribution in [0.5, 0.6) is 0 Å². The summed E-state index contributed by atoms with van der Waals surface area (Å²) < 4.78 is 6.24. The molecule has 0 aromatic heterocycles. The summed E-state index contributed by atoms with van der Waals surface area (Å²) in [6.45, 7) is 6.66. The molecular formula is C20H32O2. The lowest BCUT2D eigenvalue weighted by Gasteiger charge is -2.67. The lowest BCUT2D eigenvalue weighted by Crippen LogP contribution is -2.63. The van der Waals surface area contributed by atoms with E-state index < -0.39 is 5.60 Å². The Bertz CT molecular complexity index is 486. The third-order valence-corrected chi connectivity index (χ3v) is 9.14. The Morgan fingerprint density at radius 2 is 1.82 bits per heavy atom. The normalized spacial score (nSPS) is 63.1. The van der Waals surface area contributed by atoms with Gasteiger partial charge in [-0.2, -0.15) is 0 Å². The predicted molar refractivity (Wildman–Crippen MR) is 86.4 cm³/mol. The van der Waals surface area contributed by atoms with Crippen molar-refractivity contribution in [3.8, 4) is 0 Å². The summed E-state index contributed by atoms with van der Waals surface area (Å²) in [6.07, 6.45) is 11.9. The minimum absolute atomic E-state index is 0.397. The summed E-state index contributed by atoms with van der Waals surface area (Å²) in [6, 6.07) is 0. The van der Waals surface area contributed by atoms with Crippen molar-refractivity contribution in [2.45, 2.75) is 77.2 Å². The van der Waals surface area contributed by atoms with Crippen LogP contribution in [0.15, 0.2) is 0 Å². The third-order valence-electron chi connectivity index (χ3n) is 9.14. The van der Waals surface area contributed by atoms with Gasteiger partial charge in [0.25, 0.3) is 0 Å². The molecule has 0 radical (unpaired) electrons.